The fourth-order valence-electron chi connectivity index (χ4n) is 16.2. The number of methoxy groups -OCH3 is 5. The number of halogens is 5. The number of hydrogen-bond donors (Lipinski definition) is 4. The summed E-state index contributed by atoms with van der Waals surface area (Å²) < 4.78 is 88.2. The van der Waals surface area contributed by atoms with Crippen LogP contribution < -0.4 is 35.4 Å². The molecule has 0 bridgehead atoms. The predicted octanol–water partition coefficient (Wildman–Crippen LogP) is 13.9. The van der Waals surface area contributed by atoms with Crippen molar-refractivity contribution < 1.29 is 90.0 Å². The van der Waals surface area contributed by atoms with Crippen LogP contribution in [-0.4, -0.2) is 304 Å². The number of β-amino-alcohol motifs (C(OH)–C–C–N with tert-alkyl or cyclic N) is 1. The summed E-state index contributed by atoms with van der Waals surface area (Å²) in [6.45, 7) is 42.6. The van der Waals surface area contributed by atoms with Gasteiger partial charge in [0.15, 0.2) is 0 Å². The van der Waals surface area contributed by atoms with E-state index in [0.717, 1.165) is 143 Å². The van der Waals surface area contributed by atoms with Gasteiger partial charge in [-0.1, -0.05) is 47.5 Å². The SMILES string of the molecule is CC(C)(C)OC(=O)N1CCC(O)C1.CC(C)(C)OC(=O)N1CCn2ncc(I)c2C1.COC1CCN(C(=O)OC(C)(C)C)C1.COC1CCN(c2cnn3c2CN(C(=O)Cc2ccc(F)c(Cl)c2)C(C)C3)C1.COC1CCN(c2cnn3c2CN(C(=O)OC(C)(C)C)CC3)C1.COC1CCN(c2cnn3c2CNCC3)C1.COC1CCNC1.O=C(Nc1ccc(F)c(Cl)c1)Oc1ccccc1. The molecule has 0 saturated carbocycles. The summed E-state index contributed by atoms with van der Waals surface area (Å²) in [5, 5.41) is 35.9. The number of hydrogen-bond acceptors (Lipinski definition) is 26. The third-order valence-corrected chi connectivity index (χ3v) is 24.9. The molecule has 6 saturated heterocycles. The highest BCUT2D eigenvalue weighted by Gasteiger charge is 2.38. The van der Waals surface area contributed by atoms with Crippen molar-refractivity contribution in [3.05, 3.63) is 145 Å². The van der Waals surface area contributed by atoms with Gasteiger partial charge < -0.3 is 102 Å². The second-order valence-electron chi connectivity index (χ2n) is 38.5. The van der Waals surface area contributed by atoms with E-state index >= 15 is 0 Å². The lowest BCUT2D eigenvalue weighted by atomic mass is 10.1. The number of anilines is 4. The number of aliphatic hydroxyl groups is 1. The molecular formula is C95H140Cl2F2IN19O17. The highest BCUT2D eigenvalue weighted by Crippen LogP contribution is 2.35. The number of carbonyl (C=O) groups is 6. The fourth-order valence-corrected chi connectivity index (χ4v) is 17.2. The molecule has 4 N–H and O–H groups in total. The molecule has 7 aromatic rings. The molecule has 6 amide bonds. The number of para-hydroxylation sites is 1. The maximum Gasteiger partial charge on any atom is 0.417 e. The van der Waals surface area contributed by atoms with Gasteiger partial charge in [0.1, 0.15) is 39.8 Å². The number of nitrogens with one attached hydrogen (secondary N) is 3. The van der Waals surface area contributed by atoms with Gasteiger partial charge in [-0.05, 0) is 206 Å². The minimum absolute atomic E-state index is 0.00441. The van der Waals surface area contributed by atoms with E-state index in [4.69, 9.17) is 70.6 Å². The molecule has 17 rings (SSSR count). The van der Waals surface area contributed by atoms with Crippen LogP contribution in [0, 0.1) is 15.2 Å². The molecule has 3 aromatic carbocycles. The highest BCUT2D eigenvalue weighted by atomic mass is 127. The number of rotatable bonds is 12. The van der Waals surface area contributed by atoms with Crippen molar-refractivity contribution in [1.29, 1.82) is 0 Å². The standard InChI is InChI=1S/C20H24ClFN4O2.C16H26N4O3.C13H9ClFNO2.C11H16IN3O2.C11H18N4O.C10H19NO3.C9H17NO3.C5H11NO/c1-13-10-26-19(18(9-23-26)24-6-5-15(11-24)28-2)12-25(13)20(27)8-14-3-4-17(22)16(21)7-14;1-16(2,3)23-15(21)19-7-8-20-14(11-19)13(9-17-20)18-6-5-12(10-18)22-4;14-11-8-9(6-7-12(11)15)16-13(17)18-10-4-2-1-3-5-10;1-11(2,3)17-10(16)14-4-5-15-9(7-14)8(12)6-13-15;1-16-9-2-4-14(8-9)10-7-13-15-5-3-12-6-11(10)15;1-10(2,3)14-9(12)11-6-5-8(7-11)13-4;1-9(2,3)13-8(12)10-5-4-7(11)6-10;1-7-5-2-3-6-4-5/h3-4,7,9,13,15H,5-6,8,10-12H2,1-2H3;9,12H,5-8,10-11H2,1-4H3;1-8H,(H,16,17);6H,4-5,7H2,1-3H3;7,9,12H,2-6,8H2,1H3;8H,5-7H2,1-4H3;7,11H,4-6H2,1-3H3;5-6H,2-4H2,1H3. The molecule has 10 aliphatic heterocycles. The van der Waals surface area contributed by atoms with E-state index in [0.29, 0.717) is 101 Å². The zero-order valence-corrected chi connectivity index (χ0v) is 85.6. The van der Waals surface area contributed by atoms with Gasteiger partial charge in [-0.3, -0.25) is 28.8 Å². The Hall–Kier alpha value is -9.43. The van der Waals surface area contributed by atoms with E-state index in [1.54, 1.807) is 80.6 Å². The van der Waals surface area contributed by atoms with Crippen molar-refractivity contribution >= 4 is 105 Å². The number of aliphatic hydroxyl groups excluding tert-OH is 1. The van der Waals surface area contributed by atoms with Crippen molar-refractivity contribution in [2.75, 3.05) is 154 Å². The molecule has 14 heterocycles. The van der Waals surface area contributed by atoms with E-state index in [2.05, 4.69) is 78.3 Å². The quantitative estimate of drug-likeness (QED) is 0.0652. The van der Waals surface area contributed by atoms with Crippen molar-refractivity contribution in [3.8, 4) is 5.75 Å². The summed E-state index contributed by atoms with van der Waals surface area (Å²) in [5.74, 6) is -0.593. The first-order chi connectivity index (χ1) is 64.5. The fraction of sp³-hybridized carbons (Fsp3) is 0.621. The number of likely N-dealkylation sites (tertiary alicyclic amines) is 2. The van der Waals surface area contributed by atoms with Gasteiger partial charge in [0.25, 0.3) is 0 Å². The van der Waals surface area contributed by atoms with Crippen molar-refractivity contribution in [3.63, 3.8) is 0 Å². The zero-order chi connectivity index (χ0) is 98.9. The average molecular weight is 2060 g/mol. The maximum absolute atomic E-state index is 13.4. The second-order valence-corrected chi connectivity index (χ2v) is 40.5. The van der Waals surface area contributed by atoms with Gasteiger partial charge >= 0.3 is 30.5 Å². The number of carbonyl (C=O) groups excluding carboxylic acids is 6. The Morgan fingerprint density at radius 1 is 0.463 bits per heavy atom. The summed E-state index contributed by atoms with van der Waals surface area (Å²) in [4.78, 5) is 87.2. The van der Waals surface area contributed by atoms with E-state index in [1.807, 2.05) is 140 Å². The van der Waals surface area contributed by atoms with Crippen molar-refractivity contribution in [2.45, 2.75) is 252 Å². The van der Waals surface area contributed by atoms with Crippen LogP contribution in [0.25, 0.3) is 0 Å². The van der Waals surface area contributed by atoms with Gasteiger partial charge in [0.05, 0.1) is 174 Å². The van der Waals surface area contributed by atoms with Crippen LogP contribution in [-0.2, 0) is 106 Å². The summed E-state index contributed by atoms with van der Waals surface area (Å²) >= 11 is 13.7. The molecule has 7 atom stereocenters. The van der Waals surface area contributed by atoms with Gasteiger partial charge in [-0.15, -0.1) is 0 Å². The van der Waals surface area contributed by atoms with Crippen LogP contribution in [0.4, 0.5) is 55.5 Å². The molecule has 7 unspecified atom stereocenters. The van der Waals surface area contributed by atoms with Gasteiger partial charge in [-0.2, -0.15) is 20.4 Å². The van der Waals surface area contributed by atoms with E-state index in [-0.39, 0.29) is 77.2 Å². The zero-order valence-electron chi connectivity index (χ0n) is 81.9. The summed E-state index contributed by atoms with van der Waals surface area (Å²) in [5.41, 5.74) is 7.31. The predicted molar refractivity (Wildman–Crippen MR) is 522 cm³/mol. The lowest BCUT2D eigenvalue weighted by molar-refractivity contribution is -0.134. The summed E-state index contributed by atoms with van der Waals surface area (Å²) in [6, 6.07) is 16.9. The number of fused-ring (bicyclic) bond motifs is 4. The first kappa shape index (κ1) is 109. The molecule has 136 heavy (non-hydrogen) atoms. The maximum atomic E-state index is 13.4. The van der Waals surface area contributed by atoms with Crippen LogP contribution in [0.1, 0.15) is 157 Å². The van der Waals surface area contributed by atoms with E-state index in [9.17, 15) is 42.7 Å². The van der Waals surface area contributed by atoms with Crippen LogP contribution in [0.3, 0.4) is 0 Å². The normalized spacial score (nSPS) is 20.5. The monoisotopic (exact) mass is 2050 g/mol. The number of nitrogens with zero attached hydrogens (tertiary/aromatic N) is 16. The third-order valence-electron chi connectivity index (χ3n) is 23.4. The van der Waals surface area contributed by atoms with Gasteiger partial charge in [-0.25, -0.2) is 32.8 Å². The lowest BCUT2D eigenvalue weighted by Crippen LogP contribution is -2.46. The minimum atomic E-state index is -0.663. The van der Waals surface area contributed by atoms with Crippen molar-refractivity contribution in [1.82, 2.24) is 74.3 Å². The molecule has 10 aliphatic rings. The molecule has 0 spiro atoms. The minimum Gasteiger partial charge on any atom is -0.444 e. The summed E-state index contributed by atoms with van der Waals surface area (Å²) in [6.07, 6.45) is 13.1. The van der Waals surface area contributed by atoms with Gasteiger partial charge in [0.2, 0.25) is 5.91 Å². The molecule has 0 aliphatic carbocycles. The first-order valence-corrected chi connectivity index (χ1v) is 48.3. The van der Waals surface area contributed by atoms with Crippen LogP contribution >= 0.6 is 45.8 Å². The molecule has 4 aromatic heterocycles. The Bertz CT molecular complexity index is 5020. The first-order valence-electron chi connectivity index (χ1n) is 46.4. The Labute approximate surface area is 821 Å². The largest absolute Gasteiger partial charge is 0.444 e. The van der Waals surface area contributed by atoms with Crippen LogP contribution in [0.5, 0.6) is 5.75 Å². The molecule has 6 fully saturated rings. The lowest BCUT2D eigenvalue weighted by Gasteiger charge is -2.35. The van der Waals surface area contributed by atoms with Crippen molar-refractivity contribution in [2.24, 2.45) is 0 Å². The molecule has 0 radical (unpaired) electrons. The Balaban J connectivity index is 0.000000164. The van der Waals surface area contributed by atoms with E-state index in [1.165, 1.54) is 53.0 Å². The average Bonchev–Trinajstić information content (AvgIpc) is 1.58. The topological polar surface area (TPSA) is 348 Å². The Morgan fingerprint density at radius 2 is 0.904 bits per heavy atom. The number of ether oxygens (including phenoxy) is 10. The highest BCUT2D eigenvalue weighted by molar-refractivity contribution is 14.1. The van der Waals surface area contributed by atoms with Crippen LogP contribution in [0.2, 0.25) is 10.0 Å². The molecule has 41 heteroatoms. The van der Waals surface area contributed by atoms with Gasteiger partial charge in [0, 0.05) is 139 Å². The third kappa shape index (κ3) is 33.1. The summed E-state index contributed by atoms with van der Waals surface area (Å²) in [7, 11) is 8.72. The Morgan fingerprint density at radius 3 is 1.37 bits per heavy atom. The van der Waals surface area contributed by atoms with E-state index < -0.39 is 40.1 Å². The van der Waals surface area contributed by atoms with Crippen LogP contribution in [0.15, 0.2) is 91.5 Å². The number of benzene rings is 3. The smallest absolute Gasteiger partial charge is 0.417 e. The molecule has 36 nitrogen and oxygen atoms in total. The number of aromatic nitrogens is 8. The number of amides is 6. The second kappa shape index (κ2) is 50.4. The Kier molecular flexibility index (Phi) is 40.3. The molecule has 752 valence electrons. The molecular weight excluding hydrogens is 1910 g/mol.